The quantitative estimate of drug-likeness (QED) is 0.587. The summed E-state index contributed by atoms with van der Waals surface area (Å²) in [6.45, 7) is 1.48. The molecule has 0 aromatic heterocycles. The molecular weight excluding hydrogens is 216 g/mol. The van der Waals surface area contributed by atoms with Gasteiger partial charge in [-0.3, -0.25) is 9.59 Å². The van der Waals surface area contributed by atoms with Crippen LogP contribution >= 0.6 is 11.8 Å². The Morgan fingerprint density at radius 1 is 1.40 bits per heavy atom. The third-order valence-electron chi connectivity index (χ3n) is 2.31. The molecule has 0 radical (unpaired) electrons. The van der Waals surface area contributed by atoms with Crippen molar-refractivity contribution in [3.63, 3.8) is 0 Å². The summed E-state index contributed by atoms with van der Waals surface area (Å²) in [5.41, 5.74) is 0. The van der Waals surface area contributed by atoms with E-state index in [1.807, 2.05) is 6.26 Å². The molecule has 5 nitrogen and oxygen atoms in total. The van der Waals surface area contributed by atoms with Gasteiger partial charge >= 0.3 is 0 Å². The van der Waals surface area contributed by atoms with Gasteiger partial charge in [0, 0.05) is 0 Å². The molecule has 0 spiro atoms. The molecule has 1 heterocycles. The number of hydrogen-bond acceptors (Lipinski definition) is 4. The van der Waals surface area contributed by atoms with Crippen molar-refractivity contribution in [3.8, 4) is 0 Å². The molecule has 86 valence electrons. The smallest absolute Gasteiger partial charge is 0.245 e. The van der Waals surface area contributed by atoms with Crippen molar-refractivity contribution in [3.05, 3.63) is 0 Å². The van der Waals surface area contributed by atoms with Crippen molar-refractivity contribution in [2.24, 2.45) is 0 Å². The molecule has 0 aromatic carbocycles. The SMILES string of the molecule is CSCCC1NC(=O)C([C@H](C)O)NC1=O. The lowest BCUT2D eigenvalue weighted by atomic mass is 10.1. The first-order chi connectivity index (χ1) is 7.06. The Hall–Kier alpha value is -0.750. The highest BCUT2D eigenvalue weighted by Gasteiger charge is 2.35. The molecule has 0 aromatic rings. The predicted molar refractivity (Wildman–Crippen MR) is 58.5 cm³/mol. The van der Waals surface area contributed by atoms with E-state index in [0.29, 0.717) is 6.42 Å². The maximum atomic E-state index is 11.5. The number of amides is 2. The van der Waals surface area contributed by atoms with E-state index >= 15 is 0 Å². The summed E-state index contributed by atoms with van der Waals surface area (Å²) in [6, 6.07) is -1.28. The molecule has 2 amide bonds. The zero-order chi connectivity index (χ0) is 11.4. The zero-order valence-corrected chi connectivity index (χ0v) is 9.63. The van der Waals surface area contributed by atoms with Crippen molar-refractivity contribution in [2.45, 2.75) is 31.5 Å². The van der Waals surface area contributed by atoms with Crippen LogP contribution in [0.15, 0.2) is 0 Å². The largest absolute Gasteiger partial charge is 0.391 e. The highest BCUT2D eigenvalue weighted by Crippen LogP contribution is 2.07. The van der Waals surface area contributed by atoms with Gasteiger partial charge in [0.05, 0.1) is 6.10 Å². The lowest BCUT2D eigenvalue weighted by Gasteiger charge is -2.30. The van der Waals surface area contributed by atoms with Crippen molar-refractivity contribution >= 4 is 23.6 Å². The first-order valence-corrected chi connectivity index (χ1v) is 6.23. The van der Waals surface area contributed by atoms with Gasteiger partial charge in [-0.15, -0.1) is 0 Å². The van der Waals surface area contributed by atoms with Crippen molar-refractivity contribution < 1.29 is 14.7 Å². The van der Waals surface area contributed by atoms with Crippen LogP contribution in [0.1, 0.15) is 13.3 Å². The van der Waals surface area contributed by atoms with Crippen molar-refractivity contribution in [1.82, 2.24) is 10.6 Å². The van der Waals surface area contributed by atoms with Gasteiger partial charge in [-0.05, 0) is 25.4 Å². The molecular formula is C9H16N2O3S. The van der Waals surface area contributed by atoms with Crippen molar-refractivity contribution in [1.29, 1.82) is 0 Å². The number of aliphatic hydroxyl groups is 1. The van der Waals surface area contributed by atoms with Crippen LogP contribution in [0.4, 0.5) is 0 Å². The summed E-state index contributed by atoms with van der Waals surface area (Å²) in [5.74, 6) is 0.294. The second-order valence-corrected chi connectivity index (χ2v) is 4.56. The van der Waals surface area contributed by atoms with Crippen LogP contribution in [-0.2, 0) is 9.59 Å². The lowest BCUT2D eigenvalue weighted by molar-refractivity contribution is -0.139. The molecule has 1 saturated heterocycles. The maximum Gasteiger partial charge on any atom is 0.245 e. The number of rotatable bonds is 4. The third kappa shape index (κ3) is 3.10. The minimum absolute atomic E-state index is 0.213. The van der Waals surface area contributed by atoms with E-state index < -0.39 is 18.2 Å². The summed E-state index contributed by atoms with van der Waals surface area (Å²) in [4.78, 5) is 23.0. The fourth-order valence-corrected chi connectivity index (χ4v) is 1.90. The van der Waals surface area contributed by atoms with Crippen LogP contribution in [0.25, 0.3) is 0 Å². The molecule has 1 fully saturated rings. The molecule has 6 heteroatoms. The Kier molecular flexibility index (Phi) is 4.41. The number of piperazine rings is 1. The minimum Gasteiger partial charge on any atom is -0.391 e. The number of aliphatic hydroxyl groups excluding tert-OH is 1. The van der Waals surface area contributed by atoms with Gasteiger partial charge in [-0.1, -0.05) is 0 Å². The van der Waals surface area contributed by atoms with E-state index in [1.54, 1.807) is 11.8 Å². The number of thioether (sulfide) groups is 1. The van der Waals surface area contributed by atoms with Gasteiger partial charge in [-0.25, -0.2) is 0 Å². The van der Waals surface area contributed by atoms with Gasteiger partial charge in [0.25, 0.3) is 0 Å². The van der Waals surface area contributed by atoms with Crippen LogP contribution in [0.3, 0.4) is 0 Å². The van der Waals surface area contributed by atoms with Gasteiger partial charge in [0.15, 0.2) is 0 Å². The molecule has 3 atom stereocenters. The Morgan fingerprint density at radius 2 is 2.07 bits per heavy atom. The van der Waals surface area contributed by atoms with E-state index in [-0.39, 0.29) is 11.8 Å². The highest BCUT2D eigenvalue weighted by atomic mass is 32.2. The van der Waals surface area contributed by atoms with E-state index in [2.05, 4.69) is 10.6 Å². The van der Waals surface area contributed by atoms with E-state index in [0.717, 1.165) is 5.75 Å². The summed E-state index contributed by atoms with van der Waals surface area (Å²) in [6.07, 6.45) is 1.70. The van der Waals surface area contributed by atoms with E-state index in [9.17, 15) is 14.7 Å². The molecule has 1 aliphatic rings. The Bertz CT molecular complexity index is 258. The minimum atomic E-state index is -0.865. The Balaban J connectivity index is 2.55. The second kappa shape index (κ2) is 5.37. The van der Waals surface area contributed by atoms with Crippen LogP contribution < -0.4 is 10.6 Å². The Morgan fingerprint density at radius 3 is 2.60 bits per heavy atom. The molecule has 0 bridgehead atoms. The average Bonchev–Trinajstić information content (AvgIpc) is 2.18. The Labute approximate surface area is 93.0 Å². The fourth-order valence-electron chi connectivity index (χ4n) is 1.43. The number of hydrogen-bond donors (Lipinski definition) is 3. The van der Waals surface area contributed by atoms with Gasteiger partial charge in [0.1, 0.15) is 12.1 Å². The lowest BCUT2D eigenvalue weighted by Crippen LogP contribution is -2.64. The van der Waals surface area contributed by atoms with Crippen LogP contribution in [0, 0.1) is 0 Å². The second-order valence-electron chi connectivity index (χ2n) is 3.57. The normalized spacial score (nSPS) is 28.2. The van der Waals surface area contributed by atoms with E-state index in [4.69, 9.17) is 0 Å². The van der Waals surface area contributed by atoms with Crippen LogP contribution in [0.5, 0.6) is 0 Å². The first kappa shape index (κ1) is 12.3. The topological polar surface area (TPSA) is 78.4 Å². The number of carbonyl (C=O) groups excluding carboxylic acids is 2. The monoisotopic (exact) mass is 232 g/mol. The standard InChI is InChI=1S/C9H16N2O3S/c1-5(12)7-9(14)10-6(3-4-15-2)8(13)11-7/h5-7,12H,3-4H2,1-2H3,(H,10,14)(H,11,13)/t5-,6?,7?/m0/s1. The van der Waals surface area contributed by atoms with Crippen LogP contribution in [-0.4, -0.2) is 47.1 Å². The number of nitrogens with one attached hydrogen (secondary N) is 2. The molecule has 15 heavy (non-hydrogen) atoms. The average molecular weight is 232 g/mol. The zero-order valence-electron chi connectivity index (χ0n) is 8.82. The van der Waals surface area contributed by atoms with Gasteiger partial charge < -0.3 is 15.7 Å². The molecule has 1 aliphatic heterocycles. The summed E-state index contributed by atoms with van der Waals surface area (Å²) >= 11 is 1.62. The molecule has 0 aliphatic carbocycles. The van der Waals surface area contributed by atoms with Gasteiger partial charge in [0.2, 0.25) is 11.8 Å². The van der Waals surface area contributed by atoms with E-state index in [1.165, 1.54) is 6.92 Å². The highest BCUT2D eigenvalue weighted by molar-refractivity contribution is 7.98. The first-order valence-electron chi connectivity index (χ1n) is 4.84. The summed E-state index contributed by atoms with van der Waals surface area (Å²) < 4.78 is 0. The predicted octanol–water partition coefficient (Wildman–Crippen LogP) is -0.897. The van der Waals surface area contributed by atoms with Gasteiger partial charge in [-0.2, -0.15) is 11.8 Å². The summed E-state index contributed by atoms with van der Waals surface area (Å²) in [7, 11) is 0. The maximum absolute atomic E-state index is 11.5. The summed E-state index contributed by atoms with van der Waals surface area (Å²) in [5, 5.41) is 14.4. The fraction of sp³-hybridized carbons (Fsp3) is 0.778. The third-order valence-corrected chi connectivity index (χ3v) is 2.95. The molecule has 0 saturated carbocycles. The van der Waals surface area contributed by atoms with Crippen LogP contribution in [0.2, 0.25) is 0 Å². The molecule has 3 N–H and O–H groups in total. The molecule has 2 unspecified atom stereocenters. The molecule has 1 rings (SSSR count). The number of carbonyl (C=O) groups is 2. The van der Waals surface area contributed by atoms with Crippen molar-refractivity contribution in [2.75, 3.05) is 12.0 Å².